The molecule has 0 saturated heterocycles. The Kier molecular flexibility index (Phi) is 3.98. The first kappa shape index (κ1) is 13.4. The molecule has 2 rings (SSSR count). The van der Waals surface area contributed by atoms with Gasteiger partial charge < -0.3 is 5.32 Å². The number of aromatic nitrogens is 2. The molecule has 1 fully saturated rings. The fourth-order valence-electron chi connectivity index (χ4n) is 1.49. The minimum absolute atomic E-state index is 0.0228. The van der Waals surface area contributed by atoms with E-state index in [-0.39, 0.29) is 11.3 Å². The zero-order valence-corrected chi connectivity index (χ0v) is 11.3. The normalized spacial score (nSPS) is 17.9. The first-order chi connectivity index (χ1) is 8.49. The van der Waals surface area contributed by atoms with Crippen LogP contribution in [0.25, 0.3) is 0 Å². The van der Waals surface area contributed by atoms with E-state index in [1.165, 1.54) is 0 Å². The monoisotopic (exact) mass is 274 g/mol. The molecular formula is C10H18N4O3S. The molecule has 1 saturated carbocycles. The van der Waals surface area contributed by atoms with Crippen LogP contribution in [0.1, 0.15) is 31.2 Å². The molecule has 18 heavy (non-hydrogen) atoms. The Labute approximate surface area is 106 Å². The van der Waals surface area contributed by atoms with Crippen LogP contribution in [0.2, 0.25) is 0 Å². The molecule has 1 aliphatic rings. The number of nitrogens with one attached hydrogen (secondary N) is 2. The van der Waals surface area contributed by atoms with Gasteiger partial charge in [0.15, 0.2) is 0 Å². The Morgan fingerprint density at radius 2 is 2.17 bits per heavy atom. The van der Waals surface area contributed by atoms with Gasteiger partial charge in [-0.05, 0) is 26.7 Å². The van der Waals surface area contributed by atoms with E-state index in [0.29, 0.717) is 13.1 Å². The highest BCUT2D eigenvalue weighted by Crippen LogP contribution is 2.27. The van der Waals surface area contributed by atoms with Gasteiger partial charge in [-0.3, -0.25) is 0 Å². The molecule has 1 atom stereocenters. The number of nitrogens with zero attached hydrogens (tertiary/aromatic N) is 2. The molecule has 1 aromatic heterocycles. The zero-order valence-electron chi connectivity index (χ0n) is 10.5. The van der Waals surface area contributed by atoms with Gasteiger partial charge in [0.25, 0.3) is 0 Å². The van der Waals surface area contributed by atoms with Gasteiger partial charge in [-0.15, -0.1) is 0 Å². The summed E-state index contributed by atoms with van der Waals surface area (Å²) < 4.78 is 30.4. The summed E-state index contributed by atoms with van der Waals surface area (Å²) in [5, 5.41) is 10.4. The largest absolute Gasteiger partial charge is 0.307 e. The van der Waals surface area contributed by atoms with Crippen LogP contribution in [0, 0.1) is 6.92 Å². The lowest BCUT2D eigenvalue weighted by molar-refractivity contribution is 0.300. The van der Waals surface area contributed by atoms with Crippen molar-refractivity contribution in [3.05, 3.63) is 11.4 Å². The standard InChI is InChI=1S/C10H18N4O3S/c1-7(5-12-18(15,16)9-3-4-9)11-6-10-8(2)13-17-14-10/h7,9,11-12H,3-6H2,1-2H3/t7-/m0/s1. The minimum Gasteiger partial charge on any atom is -0.307 e. The topological polar surface area (TPSA) is 97.1 Å². The van der Waals surface area contributed by atoms with E-state index >= 15 is 0 Å². The van der Waals surface area contributed by atoms with E-state index < -0.39 is 10.0 Å². The predicted octanol–water partition coefficient (Wildman–Crippen LogP) is -0.0621. The van der Waals surface area contributed by atoms with E-state index in [2.05, 4.69) is 25.0 Å². The Bertz CT molecular complexity index is 495. The summed E-state index contributed by atoms with van der Waals surface area (Å²) in [5.74, 6) is 0. The van der Waals surface area contributed by atoms with E-state index in [0.717, 1.165) is 24.2 Å². The van der Waals surface area contributed by atoms with Crippen molar-refractivity contribution >= 4 is 10.0 Å². The van der Waals surface area contributed by atoms with Gasteiger partial charge >= 0.3 is 0 Å². The molecule has 0 aliphatic heterocycles. The van der Waals surface area contributed by atoms with Crippen molar-refractivity contribution in [1.29, 1.82) is 0 Å². The van der Waals surface area contributed by atoms with Gasteiger partial charge in [0, 0.05) is 19.1 Å². The van der Waals surface area contributed by atoms with Crippen molar-refractivity contribution in [2.75, 3.05) is 6.54 Å². The molecule has 0 spiro atoms. The van der Waals surface area contributed by atoms with Crippen LogP contribution in [-0.2, 0) is 16.6 Å². The van der Waals surface area contributed by atoms with E-state index in [1.54, 1.807) is 0 Å². The van der Waals surface area contributed by atoms with Gasteiger partial charge in [0.2, 0.25) is 10.0 Å². The SMILES string of the molecule is Cc1nonc1CN[C@@H](C)CNS(=O)(=O)C1CC1. The lowest BCUT2D eigenvalue weighted by Gasteiger charge is -2.13. The van der Waals surface area contributed by atoms with Gasteiger partial charge in [-0.25, -0.2) is 17.8 Å². The van der Waals surface area contributed by atoms with Crippen LogP contribution >= 0.6 is 0 Å². The summed E-state index contributed by atoms with van der Waals surface area (Å²) in [5.41, 5.74) is 1.49. The van der Waals surface area contributed by atoms with Crippen molar-refractivity contribution in [3.63, 3.8) is 0 Å². The lowest BCUT2D eigenvalue weighted by Crippen LogP contribution is -2.39. The van der Waals surface area contributed by atoms with Gasteiger partial charge in [0.05, 0.1) is 5.25 Å². The lowest BCUT2D eigenvalue weighted by atomic mass is 10.3. The second-order valence-electron chi connectivity index (χ2n) is 4.67. The molecule has 0 radical (unpaired) electrons. The molecule has 0 aromatic carbocycles. The average Bonchev–Trinajstić information content (AvgIpc) is 3.10. The van der Waals surface area contributed by atoms with Crippen LogP contribution in [0.15, 0.2) is 4.63 Å². The fourth-order valence-corrected chi connectivity index (χ4v) is 2.96. The fraction of sp³-hybridized carbons (Fsp3) is 0.800. The Morgan fingerprint density at radius 1 is 1.44 bits per heavy atom. The number of aryl methyl sites for hydroxylation is 1. The third-order valence-electron chi connectivity index (χ3n) is 2.92. The Morgan fingerprint density at radius 3 is 2.72 bits per heavy atom. The Balaban J connectivity index is 1.72. The summed E-state index contributed by atoms with van der Waals surface area (Å²) in [4.78, 5) is 0. The summed E-state index contributed by atoms with van der Waals surface area (Å²) >= 11 is 0. The highest BCUT2D eigenvalue weighted by molar-refractivity contribution is 7.90. The molecule has 1 aliphatic carbocycles. The molecule has 7 nitrogen and oxygen atoms in total. The molecule has 8 heteroatoms. The van der Waals surface area contributed by atoms with Crippen LogP contribution in [0.5, 0.6) is 0 Å². The maximum Gasteiger partial charge on any atom is 0.214 e. The van der Waals surface area contributed by atoms with E-state index in [4.69, 9.17) is 0 Å². The predicted molar refractivity (Wildman–Crippen MR) is 65.3 cm³/mol. The number of rotatable bonds is 7. The summed E-state index contributed by atoms with van der Waals surface area (Å²) in [7, 11) is -3.10. The maximum absolute atomic E-state index is 11.6. The van der Waals surface area contributed by atoms with Crippen molar-refractivity contribution in [2.24, 2.45) is 0 Å². The molecular weight excluding hydrogens is 256 g/mol. The smallest absolute Gasteiger partial charge is 0.214 e. The first-order valence-corrected chi connectivity index (χ1v) is 7.53. The van der Waals surface area contributed by atoms with Crippen molar-refractivity contribution < 1.29 is 13.0 Å². The molecule has 1 heterocycles. The van der Waals surface area contributed by atoms with E-state index in [1.807, 2.05) is 13.8 Å². The molecule has 0 bridgehead atoms. The second kappa shape index (κ2) is 5.33. The highest BCUT2D eigenvalue weighted by atomic mass is 32.2. The number of hydrogen-bond acceptors (Lipinski definition) is 6. The quantitative estimate of drug-likeness (QED) is 0.723. The second-order valence-corrected chi connectivity index (χ2v) is 6.72. The average molecular weight is 274 g/mol. The van der Waals surface area contributed by atoms with Crippen LogP contribution < -0.4 is 10.0 Å². The van der Waals surface area contributed by atoms with Crippen LogP contribution in [0.4, 0.5) is 0 Å². The summed E-state index contributed by atoms with van der Waals surface area (Å²) in [6.45, 7) is 4.62. The molecule has 0 amide bonds. The van der Waals surface area contributed by atoms with Gasteiger partial charge in [-0.2, -0.15) is 0 Å². The molecule has 1 aromatic rings. The van der Waals surface area contributed by atoms with Gasteiger partial charge in [-0.1, -0.05) is 10.3 Å². The first-order valence-electron chi connectivity index (χ1n) is 5.99. The third kappa shape index (κ3) is 3.50. The van der Waals surface area contributed by atoms with Crippen LogP contribution in [-0.4, -0.2) is 36.6 Å². The zero-order chi connectivity index (χ0) is 13.2. The van der Waals surface area contributed by atoms with E-state index in [9.17, 15) is 8.42 Å². The minimum atomic E-state index is -3.10. The van der Waals surface area contributed by atoms with Crippen LogP contribution in [0.3, 0.4) is 0 Å². The Hall–Kier alpha value is -0.990. The van der Waals surface area contributed by atoms with Crippen molar-refractivity contribution in [2.45, 2.75) is 44.5 Å². The van der Waals surface area contributed by atoms with Gasteiger partial charge in [0.1, 0.15) is 11.4 Å². The molecule has 2 N–H and O–H groups in total. The summed E-state index contributed by atoms with van der Waals surface area (Å²) in [6, 6.07) is 0.0228. The third-order valence-corrected chi connectivity index (χ3v) is 4.84. The molecule has 102 valence electrons. The number of hydrogen-bond donors (Lipinski definition) is 2. The number of sulfonamides is 1. The highest BCUT2D eigenvalue weighted by Gasteiger charge is 2.35. The van der Waals surface area contributed by atoms with Crippen molar-refractivity contribution in [3.8, 4) is 0 Å². The molecule has 0 unspecified atom stereocenters. The van der Waals surface area contributed by atoms with Crippen molar-refractivity contribution in [1.82, 2.24) is 20.4 Å². The summed E-state index contributed by atoms with van der Waals surface area (Å²) in [6.07, 6.45) is 1.56. The maximum atomic E-state index is 11.6.